The highest BCUT2D eigenvalue weighted by atomic mass is 32.2. The number of ether oxygens (including phenoxy) is 1. The predicted octanol–water partition coefficient (Wildman–Crippen LogP) is 3.43. The number of nitrogens with zero attached hydrogens (tertiary/aromatic N) is 2. The molecule has 0 aliphatic carbocycles. The fourth-order valence-corrected chi connectivity index (χ4v) is 4.74. The number of hydrogen-bond acceptors (Lipinski definition) is 5. The minimum absolute atomic E-state index is 0.103. The summed E-state index contributed by atoms with van der Waals surface area (Å²) in [6.07, 6.45) is 0.426. The van der Waals surface area contributed by atoms with E-state index in [1.54, 1.807) is 44.4 Å². The van der Waals surface area contributed by atoms with Gasteiger partial charge in [-0.05, 0) is 63.9 Å². The Hall–Kier alpha value is -2.91. The summed E-state index contributed by atoms with van der Waals surface area (Å²) in [5, 5.41) is 2.93. The summed E-state index contributed by atoms with van der Waals surface area (Å²) < 4.78 is 32.0. The summed E-state index contributed by atoms with van der Waals surface area (Å²) in [7, 11) is -0.562. The lowest BCUT2D eigenvalue weighted by atomic mass is 10.1. The van der Waals surface area contributed by atoms with E-state index in [2.05, 4.69) is 5.32 Å². The second-order valence-electron chi connectivity index (χ2n) is 9.53. The van der Waals surface area contributed by atoms with E-state index in [-0.39, 0.29) is 36.2 Å². The van der Waals surface area contributed by atoms with Crippen molar-refractivity contribution in [3.8, 4) is 5.75 Å². The molecule has 1 unspecified atom stereocenters. The smallest absolute Gasteiger partial charge is 0.242 e. The summed E-state index contributed by atoms with van der Waals surface area (Å²) in [6.45, 7) is 7.76. The van der Waals surface area contributed by atoms with E-state index in [1.165, 1.54) is 16.3 Å². The Balaban J connectivity index is 2.12. The molecule has 1 atom stereocenters. The standard InChI is InChI=1S/C26H37N3O5S/c1-20(25(31)27-26(2,3)4)29(19-21-12-10-13-22(18-21)34-6)24(30)16-11-17-28(5)35(32,33)23-14-8-7-9-15-23/h7-10,12-15,18,20H,11,16-17,19H2,1-6H3,(H,27,31). The average Bonchev–Trinajstić information content (AvgIpc) is 2.81. The van der Waals surface area contributed by atoms with Crippen molar-refractivity contribution in [3.05, 3.63) is 60.2 Å². The third kappa shape index (κ3) is 8.36. The van der Waals surface area contributed by atoms with E-state index in [9.17, 15) is 18.0 Å². The molecule has 1 N–H and O–H groups in total. The van der Waals surface area contributed by atoms with Gasteiger partial charge in [-0.25, -0.2) is 12.7 Å². The van der Waals surface area contributed by atoms with Gasteiger partial charge >= 0.3 is 0 Å². The number of carbonyl (C=O) groups is 2. The van der Waals surface area contributed by atoms with Crippen LogP contribution >= 0.6 is 0 Å². The topological polar surface area (TPSA) is 96.0 Å². The number of sulfonamides is 1. The lowest BCUT2D eigenvalue weighted by Gasteiger charge is -2.31. The minimum Gasteiger partial charge on any atom is -0.497 e. The third-order valence-corrected chi connectivity index (χ3v) is 7.34. The normalized spacial score (nSPS) is 12.8. The first kappa shape index (κ1) is 28.3. The molecule has 2 amide bonds. The monoisotopic (exact) mass is 503 g/mol. The zero-order valence-corrected chi connectivity index (χ0v) is 22.3. The van der Waals surface area contributed by atoms with E-state index in [0.29, 0.717) is 12.2 Å². The van der Waals surface area contributed by atoms with Crippen LogP contribution in [-0.2, 0) is 26.2 Å². The van der Waals surface area contributed by atoms with Gasteiger partial charge < -0.3 is 15.0 Å². The maximum atomic E-state index is 13.3. The van der Waals surface area contributed by atoms with Crippen molar-refractivity contribution in [2.45, 2.75) is 63.6 Å². The molecule has 0 spiro atoms. The van der Waals surface area contributed by atoms with Crippen molar-refractivity contribution in [3.63, 3.8) is 0 Å². The SMILES string of the molecule is COc1cccc(CN(C(=O)CCCN(C)S(=O)(=O)c2ccccc2)C(C)C(=O)NC(C)(C)C)c1. The zero-order valence-electron chi connectivity index (χ0n) is 21.4. The van der Waals surface area contributed by atoms with Crippen molar-refractivity contribution < 1.29 is 22.7 Å². The van der Waals surface area contributed by atoms with Gasteiger partial charge in [0, 0.05) is 32.1 Å². The summed E-state index contributed by atoms with van der Waals surface area (Å²) >= 11 is 0. The third-order valence-electron chi connectivity index (χ3n) is 5.47. The number of carbonyl (C=O) groups excluding carboxylic acids is 2. The summed E-state index contributed by atoms with van der Waals surface area (Å²) in [4.78, 5) is 27.9. The van der Waals surface area contributed by atoms with E-state index < -0.39 is 21.6 Å². The maximum absolute atomic E-state index is 13.3. The first-order valence-corrected chi connectivity index (χ1v) is 13.0. The van der Waals surface area contributed by atoms with Crippen LogP contribution in [0.25, 0.3) is 0 Å². The van der Waals surface area contributed by atoms with Crippen molar-refractivity contribution in [1.29, 1.82) is 0 Å². The molecular weight excluding hydrogens is 466 g/mol. The van der Waals surface area contributed by atoms with Crippen molar-refractivity contribution in [2.24, 2.45) is 0 Å². The van der Waals surface area contributed by atoms with Gasteiger partial charge in [-0.2, -0.15) is 0 Å². The molecule has 2 aromatic carbocycles. The first-order valence-electron chi connectivity index (χ1n) is 11.6. The van der Waals surface area contributed by atoms with Gasteiger partial charge in [0.2, 0.25) is 21.8 Å². The molecule has 9 heteroatoms. The second-order valence-corrected chi connectivity index (χ2v) is 11.6. The number of rotatable bonds is 11. The van der Waals surface area contributed by atoms with Crippen molar-refractivity contribution in [1.82, 2.24) is 14.5 Å². The summed E-state index contributed by atoms with van der Waals surface area (Å²) in [5.74, 6) is 0.182. The van der Waals surface area contributed by atoms with Crippen LogP contribution in [0.15, 0.2) is 59.5 Å². The van der Waals surface area contributed by atoms with E-state index in [4.69, 9.17) is 4.74 Å². The van der Waals surface area contributed by atoms with Crippen LogP contribution in [0.1, 0.15) is 46.1 Å². The Bertz CT molecular complexity index is 1100. The maximum Gasteiger partial charge on any atom is 0.242 e. The molecule has 0 aliphatic heterocycles. The van der Waals surface area contributed by atoms with Crippen LogP contribution < -0.4 is 10.1 Å². The molecule has 0 heterocycles. The highest BCUT2D eigenvalue weighted by Gasteiger charge is 2.28. The Labute approximate surface area is 209 Å². The molecule has 0 radical (unpaired) electrons. The molecule has 0 fully saturated rings. The molecule has 8 nitrogen and oxygen atoms in total. The van der Waals surface area contributed by atoms with Crippen LogP contribution in [0.2, 0.25) is 0 Å². The van der Waals surface area contributed by atoms with Crippen molar-refractivity contribution in [2.75, 3.05) is 20.7 Å². The van der Waals surface area contributed by atoms with Crippen LogP contribution in [-0.4, -0.2) is 61.7 Å². The van der Waals surface area contributed by atoms with Gasteiger partial charge in [0.15, 0.2) is 0 Å². The van der Waals surface area contributed by atoms with Gasteiger partial charge in [0.1, 0.15) is 11.8 Å². The quantitative estimate of drug-likeness (QED) is 0.507. The lowest BCUT2D eigenvalue weighted by molar-refractivity contribution is -0.141. The molecule has 192 valence electrons. The van der Waals surface area contributed by atoms with Crippen molar-refractivity contribution >= 4 is 21.8 Å². The molecule has 0 bridgehead atoms. The van der Waals surface area contributed by atoms with Gasteiger partial charge in [0.25, 0.3) is 0 Å². The van der Waals surface area contributed by atoms with Crippen LogP contribution in [0.4, 0.5) is 0 Å². The number of nitrogens with one attached hydrogen (secondary N) is 1. The van der Waals surface area contributed by atoms with Gasteiger partial charge in [0.05, 0.1) is 12.0 Å². The van der Waals surface area contributed by atoms with Gasteiger partial charge in [-0.15, -0.1) is 0 Å². The lowest BCUT2D eigenvalue weighted by Crippen LogP contribution is -2.52. The zero-order chi connectivity index (χ0) is 26.2. The number of amides is 2. The molecule has 2 aromatic rings. The first-order chi connectivity index (χ1) is 16.3. The fraction of sp³-hybridized carbons (Fsp3) is 0.462. The van der Waals surface area contributed by atoms with Gasteiger partial charge in [-0.1, -0.05) is 30.3 Å². The highest BCUT2D eigenvalue weighted by Crippen LogP contribution is 2.18. The minimum atomic E-state index is -3.63. The molecule has 35 heavy (non-hydrogen) atoms. The Kier molecular flexibility index (Phi) is 9.85. The fourth-order valence-electron chi connectivity index (χ4n) is 3.51. The van der Waals surface area contributed by atoms with Crippen LogP contribution in [0.3, 0.4) is 0 Å². The van der Waals surface area contributed by atoms with Crippen LogP contribution in [0.5, 0.6) is 5.75 Å². The van der Waals surface area contributed by atoms with E-state index in [0.717, 1.165) is 5.56 Å². The Morgan fingerprint density at radius 2 is 1.71 bits per heavy atom. The van der Waals surface area contributed by atoms with Crippen LogP contribution in [0, 0.1) is 0 Å². The molecular formula is C26H37N3O5S. The van der Waals surface area contributed by atoms with E-state index in [1.807, 2.05) is 45.0 Å². The molecule has 0 saturated heterocycles. The molecule has 0 aliphatic rings. The predicted molar refractivity (Wildman–Crippen MR) is 136 cm³/mol. The average molecular weight is 504 g/mol. The number of hydrogen-bond donors (Lipinski definition) is 1. The van der Waals surface area contributed by atoms with Gasteiger partial charge in [-0.3, -0.25) is 9.59 Å². The molecule has 0 aromatic heterocycles. The largest absolute Gasteiger partial charge is 0.497 e. The summed E-state index contributed by atoms with van der Waals surface area (Å²) in [6, 6.07) is 14.8. The second kappa shape index (κ2) is 12.2. The Morgan fingerprint density at radius 3 is 2.31 bits per heavy atom. The molecule has 0 saturated carbocycles. The van der Waals surface area contributed by atoms with E-state index >= 15 is 0 Å². The summed E-state index contributed by atoms with van der Waals surface area (Å²) in [5.41, 5.74) is 0.391. The number of benzene rings is 2. The highest BCUT2D eigenvalue weighted by molar-refractivity contribution is 7.89. The Morgan fingerprint density at radius 1 is 1.06 bits per heavy atom. The number of methoxy groups -OCH3 is 1. The molecule has 2 rings (SSSR count).